The molecule has 2 rings (SSSR count). The molecule has 0 aromatic heterocycles. The fourth-order valence-corrected chi connectivity index (χ4v) is 4.30. The van der Waals surface area contributed by atoms with E-state index in [1.807, 2.05) is 0 Å². The summed E-state index contributed by atoms with van der Waals surface area (Å²) >= 11 is 60.9. The van der Waals surface area contributed by atoms with Gasteiger partial charge in [0.2, 0.25) is 0 Å². The minimum absolute atomic E-state index is 0.000450. The van der Waals surface area contributed by atoms with Gasteiger partial charge in [-0.1, -0.05) is 116 Å². The Bertz CT molecular complexity index is 670. The standard InChI is InChI=1S/C12Cl10/c13-3-1(4(14)8(18)11(21)7(3)17)2-5(15)9(19)12(22)10(20)6(2)16/i1+1,2+1,3+1,4+1,5+1,6+1,7+1,8+1,9+1,10+1,11+1,12+1. The van der Waals surface area contributed by atoms with Gasteiger partial charge in [-0.25, -0.2) is 0 Å². The molecular formula is C12Cl10. The van der Waals surface area contributed by atoms with Crippen molar-refractivity contribution in [2.24, 2.45) is 0 Å². The first kappa shape index (κ1) is 19.7. The minimum Gasteiger partial charge on any atom is -0.0819 e. The molecular weight excluding hydrogens is 511 g/mol. The van der Waals surface area contributed by atoms with E-state index in [0.717, 1.165) is 0 Å². The Labute approximate surface area is 176 Å². The Kier molecular flexibility index (Phi) is 6.52. The van der Waals surface area contributed by atoms with Crippen molar-refractivity contribution in [1.29, 1.82) is 0 Å². The Morgan fingerprint density at radius 3 is 0.545 bits per heavy atom. The van der Waals surface area contributed by atoms with Gasteiger partial charge in [-0.05, 0) is 0 Å². The molecule has 0 atom stereocenters. The maximum absolute atomic E-state index is 6.20. The van der Waals surface area contributed by atoms with Gasteiger partial charge < -0.3 is 0 Å². The normalized spacial score (nSPS) is 11.2. The number of hydrogen-bond donors (Lipinski definition) is 0. The quantitative estimate of drug-likeness (QED) is 0.265. The maximum atomic E-state index is 6.20. The Hall–Kier alpha value is 1.34. The summed E-state index contributed by atoms with van der Waals surface area (Å²) in [5.74, 6) is 0. The van der Waals surface area contributed by atoms with Gasteiger partial charge in [-0.2, -0.15) is 0 Å². The zero-order chi connectivity index (χ0) is 16.9. The lowest BCUT2D eigenvalue weighted by Crippen LogP contribution is -1.91. The maximum Gasteiger partial charge on any atom is 0.0809 e. The number of hydrogen-bond acceptors (Lipinski definition) is 0. The Morgan fingerprint density at radius 2 is 0.364 bits per heavy atom. The number of benzene rings is 2. The highest BCUT2D eigenvalue weighted by atomic mass is 35.5. The van der Waals surface area contributed by atoms with Gasteiger partial charge in [0.1, 0.15) is 0 Å². The smallest absolute Gasteiger partial charge is 0.0809 e. The topological polar surface area (TPSA) is 0 Å². The van der Waals surface area contributed by atoms with E-state index in [9.17, 15) is 0 Å². The van der Waals surface area contributed by atoms with Gasteiger partial charge in [-0.15, -0.1) is 0 Å². The van der Waals surface area contributed by atoms with Gasteiger partial charge in [0.15, 0.2) is 0 Å². The molecule has 118 valence electrons. The van der Waals surface area contributed by atoms with E-state index in [1.54, 1.807) is 0 Å². The fraction of sp³-hybridized carbons (Fsp3) is 0. The average molecular weight is 511 g/mol. The molecule has 0 unspecified atom stereocenters. The summed E-state index contributed by atoms with van der Waals surface area (Å²) in [6, 6.07) is 0. The van der Waals surface area contributed by atoms with E-state index in [-0.39, 0.29) is 61.4 Å². The van der Waals surface area contributed by atoms with Gasteiger partial charge >= 0.3 is 0 Å². The largest absolute Gasteiger partial charge is 0.0819 e. The summed E-state index contributed by atoms with van der Waals surface area (Å²) in [5.41, 5.74) is 0.302. The average Bonchev–Trinajstić information content (AvgIpc) is 2.50. The molecule has 0 fully saturated rings. The summed E-state index contributed by atoms with van der Waals surface area (Å²) in [6.07, 6.45) is 0. The highest BCUT2D eigenvalue weighted by molar-refractivity contribution is 6.59. The Morgan fingerprint density at radius 1 is 0.227 bits per heavy atom. The third-order valence-corrected chi connectivity index (χ3v) is 7.22. The van der Waals surface area contributed by atoms with Crippen LogP contribution in [0.2, 0.25) is 50.2 Å². The van der Waals surface area contributed by atoms with Crippen LogP contribution in [0.3, 0.4) is 0 Å². The molecule has 2 aromatic carbocycles. The first-order valence-corrected chi connectivity index (χ1v) is 8.92. The van der Waals surface area contributed by atoms with Crippen LogP contribution in [0.1, 0.15) is 0 Å². The van der Waals surface area contributed by atoms with Crippen LogP contribution in [0.25, 0.3) is 11.1 Å². The monoisotopic (exact) mass is 506 g/mol. The minimum atomic E-state index is -0.0120. The molecule has 0 radical (unpaired) electrons. The second-order valence-corrected chi connectivity index (χ2v) is 7.67. The molecule has 10 heteroatoms. The first-order chi connectivity index (χ1) is 10.1. The molecule has 0 heterocycles. The predicted molar refractivity (Wildman–Crippen MR) is 102 cm³/mol. The van der Waals surface area contributed by atoms with Gasteiger partial charge in [-0.3, -0.25) is 0 Å². The summed E-state index contributed by atoms with van der Waals surface area (Å²) in [5, 5.41) is -0.0495. The van der Waals surface area contributed by atoms with Crippen molar-refractivity contribution in [3.05, 3.63) is 50.2 Å². The van der Waals surface area contributed by atoms with Crippen LogP contribution in [0.15, 0.2) is 0 Å². The first-order valence-electron chi connectivity index (χ1n) is 5.14. The zero-order valence-corrected chi connectivity index (χ0v) is 17.3. The number of halogens is 10. The summed E-state index contributed by atoms with van der Waals surface area (Å²) in [6.45, 7) is 0. The van der Waals surface area contributed by atoms with Gasteiger partial charge in [0.25, 0.3) is 0 Å². The van der Waals surface area contributed by atoms with Crippen molar-refractivity contribution < 1.29 is 0 Å². The third kappa shape index (κ3) is 3.10. The van der Waals surface area contributed by atoms with Crippen molar-refractivity contribution >= 4 is 116 Å². The fourth-order valence-electron chi connectivity index (χ4n) is 1.65. The van der Waals surface area contributed by atoms with E-state index in [0.29, 0.717) is 0 Å². The van der Waals surface area contributed by atoms with Crippen molar-refractivity contribution in [2.75, 3.05) is 0 Å². The molecule has 0 aliphatic heterocycles. The number of rotatable bonds is 1. The van der Waals surface area contributed by atoms with Crippen molar-refractivity contribution in [1.82, 2.24) is 0 Å². The molecule has 22 heavy (non-hydrogen) atoms. The molecule has 0 bridgehead atoms. The van der Waals surface area contributed by atoms with Crippen molar-refractivity contribution in [2.45, 2.75) is 0 Å². The van der Waals surface area contributed by atoms with E-state index in [4.69, 9.17) is 116 Å². The highest BCUT2D eigenvalue weighted by Crippen LogP contribution is 2.55. The highest BCUT2D eigenvalue weighted by Gasteiger charge is 2.27. The van der Waals surface area contributed by atoms with Crippen molar-refractivity contribution in [3.8, 4) is 11.1 Å². The van der Waals surface area contributed by atoms with Crippen LogP contribution in [0.4, 0.5) is 0 Å². The molecule has 0 N–H and O–H groups in total. The molecule has 0 spiro atoms. The van der Waals surface area contributed by atoms with Crippen LogP contribution in [-0.2, 0) is 0 Å². The van der Waals surface area contributed by atoms with E-state index in [1.165, 1.54) is 0 Å². The zero-order valence-electron chi connectivity index (χ0n) is 9.78. The summed E-state index contributed by atoms with van der Waals surface area (Å²) in [4.78, 5) is 0. The summed E-state index contributed by atoms with van der Waals surface area (Å²) in [7, 11) is 0. The van der Waals surface area contributed by atoms with E-state index < -0.39 is 0 Å². The van der Waals surface area contributed by atoms with Crippen molar-refractivity contribution in [3.63, 3.8) is 0 Å². The Balaban J connectivity index is 3.03. The van der Waals surface area contributed by atoms with Crippen LogP contribution < -0.4 is 0 Å². The molecule has 0 amide bonds. The SMILES string of the molecule is Cl[13c]1[13c](Cl)[13c](Cl)[13c](-[13c]2[13c](Cl)[13c](Cl)[13c](Cl)[13c](Cl)[13c]2Cl)[13c](Cl)[13c]1Cl. The third-order valence-electron chi connectivity index (χ3n) is 2.67. The molecule has 0 nitrogen and oxygen atoms in total. The lowest BCUT2D eigenvalue weighted by Gasteiger charge is -2.17. The lowest BCUT2D eigenvalue weighted by molar-refractivity contribution is 1.60. The van der Waals surface area contributed by atoms with Crippen LogP contribution in [0.5, 0.6) is 0 Å². The molecule has 0 saturated carbocycles. The van der Waals surface area contributed by atoms with Gasteiger partial charge in [0, 0.05) is 11.1 Å². The molecule has 2 aromatic rings. The lowest BCUT2D eigenvalue weighted by atomic mass is 11.0. The van der Waals surface area contributed by atoms with Gasteiger partial charge in [0.05, 0.1) is 50.2 Å². The molecule has 0 aliphatic carbocycles. The van der Waals surface area contributed by atoms with Crippen LogP contribution in [-0.4, -0.2) is 0 Å². The molecule has 0 aliphatic rings. The summed E-state index contributed by atoms with van der Waals surface area (Å²) < 4.78 is 0. The predicted octanol–water partition coefficient (Wildman–Crippen LogP) is 9.89. The second-order valence-electron chi connectivity index (χ2n) is 3.89. The van der Waals surface area contributed by atoms with E-state index in [2.05, 4.69) is 0 Å². The second kappa shape index (κ2) is 7.30. The van der Waals surface area contributed by atoms with Crippen LogP contribution >= 0.6 is 116 Å². The molecule has 0 saturated heterocycles. The van der Waals surface area contributed by atoms with E-state index >= 15 is 0 Å². The van der Waals surface area contributed by atoms with Crippen LogP contribution in [0, 0.1) is 0 Å².